The molecule has 2 nitrogen and oxygen atoms in total. The zero-order chi connectivity index (χ0) is 13.9. The maximum atomic E-state index is 4.41. The minimum absolute atomic E-state index is 0.622. The molecule has 0 bridgehead atoms. The summed E-state index contributed by atoms with van der Waals surface area (Å²) in [5.41, 5.74) is 2.22. The van der Waals surface area contributed by atoms with Crippen molar-refractivity contribution in [3.05, 3.63) is 23.5 Å². The number of hydrogen-bond acceptors (Lipinski definition) is 2. The molecule has 0 radical (unpaired) electrons. The summed E-state index contributed by atoms with van der Waals surface area (Å²) in [6.07, 6.45) is 11.9. The van der Waals surface area contributed by atoms with Crippen LogP contribution < -0.4 is 0 Å². The molecule has 0 aliphatic rings. The molecule has 1 unspecified atom stereocenters. The van der Waals surface area contributed by atoms with Crippen LogP contribution in [0.15, 0.2) is 12.1 Å². The Morgan fingerprint density at radius 2 is 1.47 bits per heavy atom. The van der Waals surface area contributed by atoms with Gasteiger partial charge in [0.15, 0.2) is 0 Å². The molecule has 1 aromatic heterocycles. The molecule has 0 aromatic carbocycles. The molecule has 1 aromatic rings. The van der Waals surface area contributed by atoms with Gasteiger partial charge in [0.05, 0.1) is 11.4 Å². The predicted molar refractivity (Wildman–Crippen MR) is 82.4 cm³/mol. The zero-order valence-corrected chi connectivity index (χ0v) is 13.0. The van der Waals surface area contributed by atoms with E-state index in [-0.39, 0.29) is 0 Å². The Balaban J connectivity index is 2.49. The first kappa shape index (κ1) is 16.1. The normalized spacial score (nSPS) is 12.6. The molecule has 1 atom stereocenters. The average molecular weight is 262 g/mol. The summed E-state index contributed by atoms with van der Waals surface area (Å²) in [5.74, 6) is 0.622. The summed E-state index contributed by atoms with van der Waals surface area (Å²) in [6, 6.07) is 4.28. The van der Waals surface area contributed by atoms with Crippen LogP contribution in [0.4, 0.5) is 0 Å². The standard InChI is InChI=1S/C17H30N2/c1-4-6-8-10-12-16(11-9-7-5-2)17-14-13-15(3)18-19-17/h13-14,16H,4-12H2,1-3H3. The fraction of sp³-hybridized carbons (Fsp3) is 0.765. The number of aromatic nitrogens is 2. The quantitative estimate of drug-likeness (QED) is 0.526. The van der Waals surface area contributed by atoms with Crippen molar-refractivity contribution < 1.29 is 0 Å². The van der Waals surface area contributed by atoms with Gasteiger partial charge in [0.1, 0.15) is 0 Å². The van der Waals surface area contributed by atoms with Crippen LogP contribution in [-0.4, -0.2) is 10.2 Å². The molecule has 1 rings (SSSR count). The molecule has 0 saturated heterocycles. The highest BCUT2D eigenvalue weighted by atomic mass is 15.1. The predicted octanol–water partition coefficient (Wildman–Crippen LogP) is 5.42. The van der Waals surface area contributed by atoms with Gasteiger partial charge in [0.2, 0.25) is 0 Å². The van der Waals surface area contributed by atoms with Crippen molar-refractivity contribution in [1.82, 2.24) is 10.2 Å². The van der Waals surface area contributed by atoms with Crippen LogP contribution in [0.3, 0.4) is 0 Å². The van der Waals surface area contributed by atoms with Crippen molar-refractivity contribution in [3.63, 3.8) is 0 Å². The first-order chi connectivity index (χ1) is 9.27. The van der Waals surface area contributed by atoms with E-state index in [2.05, 4.69) is 36.2 Å². The summed E-state index contributed by atoms with van der Waals surface area (Å²) >= 11 is 0. The number of aryl methyl sites for hydroxylation is 1. The second-order valence-electron chi connectivity index (χ2n) is 5.64. The van der Waals surface area contributed by atoms with Crippen molar-refractivity contribution in [1.29, 1.82) is 0 Å². The average Bonchev–Trinajstić information content (AvgIpc) is 2.43. The molecule has 0 fully saturated rings. The van der Waals surface area contributed by atoms with Crippen LogP contribution in [-0.2, 0) is 0 Å². The van der Waals surface area contributed by atoms with Gasteiger partial charge in [-0.3, -0.25) is 0 Å². The van der Waals surface area contributed by atoms with E-state index in [1.807, 2.05) is 6.92 Å². The summed E-state index contributed by atoms with van der Waals surface area (Å²) in [4.78, 5) is 0. The zero-order valence-electron chi connectivity index (χ0n) is 13.0. The third-order valence-electron chi connectivity index (χ3n) is 3.80. The first-order valence-electron chi connectivity index (χ1n) is 8.08. The molecule has 108 valence electrons. The monoisotopic (exact) mass is 262 g/mol. The number of nitrogens with zero attached hydrogens (tertiary/aromatic N) is 2. The number of hydrogen-bond donors (Lipinski definition) is 0. The minimum atomic E-state index is 0.622. The van der Waals surface area contributed by atoms with Crippen molar-refractivity contribution in [2.24, 2.45) is 0 Å². The second kappa shape index (κ2) is 9.94. The fourth-order valence-electron chi connectivity index (χ4n) is 2.53. The van der Waals surface area contributed by atoms with Gasteiger partial charge in [-0.15, -0.1) is 0 Å². The Labute approximate surface area is 119 Å². The van der Waals surface area contributed by atoms with E-state index in [1.54, 1.807) is 0 Å². The van der Waals surface area contributed by atoms with Gasteiger partial charge >= 0.3 is 0 Å². The van der Waals surface area contributed by atoms with E-state index in [9.17, 15) is 0 Å². The van der Waals surface area contributed by atoms with Crippen LogP contribution in [0.2, 0.25) is 0 Å². The van der Waals surface area contributed by atoms with E-state index in [0.717, 1.165) is 5.69 Å². The summed E-state index contributed by atoms with van der Waals surface area (Å²) in [7, 11) is 0. The van der Waals surface area contributed by atoms with Gasteiger partial charge in [-0.05, 0) is 31.9 Å². The smallest absolute Gasteiger partial charge is 0.0662 e. The van der Waals surface area contributed by atoms with Crippen molar-refractivity contribution in [2.45, 2.75) is 84.5 Å². The maximum absolute atomic E-state index is 4.41. The minimum Gasteiger partial charge on any atom is -0.156 e. The molecule has 0 amide bonds. The van der Waals surface area contributed by atoms with Gasteiger partial charge in [-0.25, -0.2) is 0 Å². The Bertz CT molecular complexity index is 319. The van der Waals surface area contributed by atoms with Crippen LogP contribution in [0.25, 0.3) is 0 Å². The lowest BCUT2D eigenvalue weighted by molar-refractivity contribution is 0.489. The largest absolute Gasteiger partial charge is 0.156 e. The van der Waals surface area contributed by atoms with Crippen LogP contribution >= 0.6 is 0 Å². The van der Waals surface area contributed by atoms with Crippen LogP contribution in [0.5, 0.6) is 0 Å². The van der Waals surface area contributed by atoms with Gasteiger partial charge in [-0.2, -0.15) is 10.2 Å². The second-order valence-corrected chi connectivity index (χ2v) is 5.64. The van der Waals surface area contributed by atoms with Crippen molar-refractivity contribution in [2.75, 3.05) is 0 Å². The fourth-order valence-corrected chi connectivity index (χ4v) is 2.53. The molecule has 1 heterocycles. The van der Waals surface area contributed by atoms with E-state index in [4.69, 9.17) is 0 Å². The van der Waals surface area contributed by atoms with Gasteiger partial charge in [0.25, 0.3) is 0 Å². The lowest BCUT2D eigenvalue weighted by Crippen LogP contribution is -2.04. The molecule has 0 spiro atoms. The van der Waals surface area contributed by atoms with Gasteiger partial charge in [-0.1, -0.05) is 58.8 Å². The summed E-state index contributed by atoms with van der Waals surface area (Å²) < 4.78 is 0. The van der Waals surface area contributed by atoms with E-state index in [0.29, 0.717) is 5.92 Å². The lowest BCUT2D eigenvalue weighted by Gasteiger charge is -2.15. The lowest BCUT2D eigenvalue weighted by atomic mass is 9.91. The first-order valence-corrected chi connectivity index (χ1v) is 8.08. The molecular weight excluding hydrogens is 232 g/mol. The molecule has 0 aliphatic heterocycles. The van der Waals surface area contributed by atoms with Gasteiger partial charge < -0.3 is 0 Å². The molecule has 0 aliphatic carbocycles. The Morgan fingerprint density at radius 1 is 0.842 bits per heavy atom. The number of rotatable bonds is 10. The maximum Gasteiger partial charge on any atom is 0.0662 e. The third kappa shape index (κ3) is 6.70. The van der Waals surface area contributed by atoms with Crippen LogP contribution in [0, 0.1) is 6.92 Å². The molecule has 0 saturated carbocycles. The number of unbranched alkanes of at least 4 members (excludes halogenated alkanes) is 5. The highest BCUT2D eigenvalue weighted by molar-refractivity contribution is 5.10. The van der Waals surface area contributed by atoms with Crippen molar-refractivity contribution >= 4 is 0 Å². The van der Waals surface area contributed by atoms with Crippen molar-refractivity contribution in [3.8, 4) is 0 Å². The molecule has 19 heavy (non-hydrogen) atoms. The Morgan fingerprint density at radius 3 is 2.05 bits per heavy atom. The van der Waals surface area contributed by atoms with E-state index in [1.165, 1.54) is 63.5 Å². The molecule has 0 N–H and O–H groups in total. The van der Waals surface area contributed by atoms with Gasteiger partial charge in [0, 0.05) is 5.92 Å². The SMILES string of the molecule is CCCCCCC(CCCCC)c1ccc(C)nn1. The summed E-state index contributed by atoms with van der Waals surface area (Å²) in [6.45, 7) is 6.54. The van der Waals surface area contributed by atoms with Crippen LogP contribution in [0.1, 0.15) is 88.9 Å². The Hall–Kier alpha value is -0.920. The highest BCUT2D eigenvalue weighted by Crippen LogP contribution is 2.26. The third-order valence-corrected chi connectivity index (χ3v) is 3.80. The molecular formula is C17H30N2. The molecule has 2 heteroatoms. The topological polar surface area (TPSA) is 25.8 Å². The Kier molecular flexibility index (Phi) is 8.44. The van der Waals surface area contributed by atoms with E-state index < -0.39 is 0 Å². The summed E-state index contributed by atoms with van der Waals surface area (Å²) in [5, 5.41) is 8.63. The highest BCUT2D eigenvalue weighted by Gasteiger charge is 2.12. The van der Waals surface area contributed by atoms with E-state index >= 15 is 0 Å².